The first-order valence-electron chi connectivity index (χ1n) is 7.23. The molecule has 2 unspecified atom stereocenters. The van der Waals surface area contributed by atoms with Crippen LogP contribution >= 0.6 is 11.8 Å². The van der Waals surface area contributed by atoms with Crippen LogP contribution < -0.4 is 5.32 Å². The Labute approximate surface area is 121 Å². The summed E-state index contributed by atoms with van der Waals surface area (Å²) in [6, 6.07) is 0.725. The van der Waals surface area contributed by atoms with Gasteiger partial charge in [-0.2, -0.15) is 0 Å². The van der Waals surface area contributed by atoms with Gasteiger partial charge >= 0.3 is 0 Å². The zero-order chi connectivity index (χ0) is 13.8. The van der Waals surface area contributed by atoms with E-state index in [0.717, 1.165) is 34.3 Å². The summed E-state index contributed by atoms with van der Waals surface area (Å²) in [5.41, 5.74) is 3.45. The Hall–Kier alpha value is -0.610. The van der Waals surface area contributed by atoms with Gasteiger partial charge in [0.25, 0.3) is 0 Å². The fourth-order valence-corrected chi connectivity index (χ4v) is 3.88. The van der Waals surface area contributed by atoms with Gasteiger partial charge in [-0.1, -0.05) is 18.2 Å². The van der Waals surface area contributed by atoms with Crippen molar-refractivity contribution in [2.24, 2.45) is 5.92 Å². The summed E-state index contributed by atoms with van der Waals surface area (Å²) in [6.45, 7) is 6.24. The predicted molar refractivity (Wildman–Crippen MR) is 81.8 cm³/mol. The molecular weight excluding hydrogens is 254 g/mol. The molecule has 0 amide bonds. The molecule has 1 saturated carbocycles. The van der Waals surface area contributed by atoms with E-state index in [4.69, 9.17) is 0 Å². The van der Waals surface area contributed by atoms with Gasteiger partial charge in [-0.05, 0) is 58.6 Å². The molecule has 1 aliphatic rings. The van der Waals surface area contributed by atoms with E-state index in [9.17, 15) is 0 Å². The Balaban J connectivity index is 1.86. The maximum absolute atomic E-state index is 4.57. The molecule has 0 bridgehead atoms. The smallest absolute Gasteiger partial charge is 0.187 e. The average Bonchev–Trinajstić information content (AvgIpc) is 2.83. The summed E-state index contributed by atoms with van der Waals surface area (Å²) in [5, 5.41) is 4.39. The monoisotopic (exact) mass is 279 g/mol. The molecule has 4 heteroatoms. The molecule has 2 atom stereocenters. The predicted octanol–water partition coefficient (Wildman–Crippen LogP) is 3.27. The molecule has 0 aromatic carbocycles. The van der Waals surface area contributed by atoms with Crippen molar-refractivity contribution in [2.75, 3.05) is 12.8 Å². The zero-order valence-corrected chi connectivity index (χ0v) is 13.3. The van der Waals surface area contributed by atoms with Crippen molar-refractivity contribution in [2.45, 2.75) is 57.7 Å². The maximum atomic E-state index is 4.57. The lowest BCUT2D eigenvalue weighted by molar-refractivity contribution is 0.417. The van der Waals surface area contributed by atoms with Gasteiger partial charge < -0.3 is 5.32 Å². The summed E-state index contributed by atoms with van der Waals surface area (Å²) >= 11 is 1.81. The van der Waals surface area contributed by atoms with Crippen LogP contribution in [0.5, 0.6) is 0 Å². The number of nitrogens with zero attached hydrogens (tertiary/aromatic N) is 2. The molecule has 1 aromatic heterocycles. The molecule has 0 aliphatic heterocycles. The van der Waals surface area contributed by atoms with Gasteiger partial charge in [-0.25, -0.2) is 9.97 Å². The molecule has 106 valence electrons. The molecular formula is C15H25N3S. The lowest BCUT2D eigenvalue weighted by atomic mass is 10.0. The van der Waals surface area contributed by atoms with E-state index in [1.807, 2.05) is 0 Å². The minimum Gasteiger partial charge on any atom is -0.317 e. The quantitative estimate of drug-likeness (QED) is 0.663. The fourth-order valence-electron chi connectivity index (χ4n) is 2.87. The van der Waals surface area contributed by atoms with Gasteiger partial charge in [-0.3, -0.25) is 0 Å². The van der Waals surface area contributed by atoms with Crippen molar-refractivity contribution < 1.29 is 0 Å². The number of nitrogens with one attached hydrogen (secondary N) is 1. The van der Waals surface area contributed by atoms with Crippen molar-refractivity contribution in [3.05, 3.63) is 17.0 Å². The van der Waals surface area contributed by atoms with E-state index in [0.29, 0.717) is 0 Å². The van der Waals surface area contributed by atoms with E-state index in [1.54, 1.807) is 11.8 Å². The fraction of sp³-hybridized carbons (Fsp3) is 0.733. The van der Waals surface area contributed by atoms with Crippen LogP contribution in [0.4, 0.5) is 0 Å². The SMILES string of the molecule is CNC1CCCC1CCSc1nc(C)c(C)c(C)n1. The number of aromatic nitrogens is 2. The van der Waals surface area contributed by atoms with Crippen LogP contribution in [-0.2, 0) is 0 Å². The molecule has 1 aromatic rings. The second kappa shape index (κ2) is 6.71. The largest absolute Gasteiger partial charge is 0.317 e. The molecule has 0 radical (unpaired) electrons. The van der Waals surface area contributed by atoms with Crippen LogP contribution in [0.2, 0.25) is 0 Å². The molecule has 1 N–H and O–H groups in total. The third-order valence-corrected chi connectivity index (χ3v) is 5.24. The van der Waals surface area contributed by atoms with Gasteiger partial charge in [0, 0.05) is 23.2 Å². The molecule has 19 heavy (non-hydrogen) atoms. The highest BCUT2D eigenvalue weighted by Gasteiger charge is 2.25. The lowest BCUT2D eigenvalue weighted by Gasteiger charge is -2.18. The highest BCUT2D eigenvalue weighted by Crippen LogP contribution is 2.30. The summed E-state index contributed by atoms with van der Waals surface area (Å²) < 4.78 is 0. The van der Waals surface area contributed by atoms with Crippen LogP contribution in [-0.4, -0.2) is 28.8 Å². The van der Waals surface area contributed by atoms with Crippen molar-refractivity contribution >= 4 is 11.8 Å². The molecule has 0 saturated heterocycles. The third-order valence-electron chi connectivity index (χ3n) is 4.36. The van der Waals surface area contributed by atoms with E-state index in [-0.39, 0.29) is 0 Å². The maximum Gasteiger partial charge on any atom is 0.187 e. The summed E-state index contributed by atoms with van der Waals surface area (Å²) in [6.07, 6.45) is 5.36. The Morgan fingerprint density at radius 2 is 1.84 bits per heavy atom. The van der Waals surface area contributed by atoms with Crippen LogP contribution in [0.25, 0.3) is 0 Å². The molecule has 0 spiro atoms. The number of rotatable bonds is 5. The van der Waals surface area contributed by atoms with Crippen molar-refractivity contribution in [1.29, 1.82) is 0 Å². The van der Waals surface area contributed by atoms with E-state index in [2.05, 4.69) is 43.1 Å². The second-order valence-electron chi connectivity index (χ2n) is 5.53. The summed E-state index contributed by atoms with van der Waals surface area (Å²) in [4.78, 5) is 9.15. The lowest BCUT2D eigenvalue weighted by Crippen LogP contribution is -2.29. The highest BCUT2D eigenvalue weighted by atomic mass is 32.2. The summed E-state index contributed by atoms with van der Waals surface area (Å²) in [5.74, 6) is 1.97. The van der Waals surface area contributed by atoms with Crippen molar-refractivity contribution in [1.82, 2.24) is 15.3 Å². The van der Waals surface area contributed by atoms with Crippen LogP contribution in [0.3, 0.4) is 0 Å². The first kappa shape index (κ1) is 14.8. The molecule has 2 rings (SSSR count). The molecule has 1 fully saturated rings. The zero-order valence-electron chi connectivity index (χ0n) is 12.5. The summed E-state index contributed by atoms with van der Waals surface area (Å²) in [7, 11) is 2.09. The number of hydrogen-bond donors (Lipinski definition) is 1. The Bertz CT molecular complexity index is 410. The van der Waals surface area contributed by atoms with Gasteiger partial charge in [0.1, 0.15) is 0 Å². The molecule has 1 heterocycles. The van der Waals surface area contributed by atoms with Crippen molar-refractivity contribution in [3.8, 4) is 0 Å². The first-order chi connectivity index (χ1) is 9.11. The van der Waals surface area contributed by atoms with Crippen molar-refractivity contribution in [3.63, 3.8) is 0 Å². The van der Waals surface area contributed by atoms with Gasteiger partial charge in [0.2, 0.25) is 0 Å². The van der Waals surface area contributed by atoms with E-state index < -0.39 is 0 Å². The Kier molecular flexibility index (Phi) is 5.22. The molecule has 1 aliphatic carbocycles. The van der Waals surface area contributed by atoms with E-state index >= 15 is 0 Å². The van der Waals surface area contributed by atoms with Crippen LogP contribution in [0, 0.1) is 26.7 Å². The normalized spacial score (nSPS) is 22.9. The standard InChI is InChI=1S/C15H25N3S/c1-10-11(2)17-15(18-12(10)3)19-9-8-13-6-5-7-14(13)16-4/h13-14,16H,5-9H2,1-4H3. The highest BCUT2D eigenvalue weighted by molar-refractivity contribution is 7.99. The van der Waals surface area contributed by atoms with Gasteiger partial charge in [0.15, 0.2) is 5.16 Å². The Morgan fingerprint density at radius 1 is 1.16 bits per heavy atom. The third kappa shape index (κ3) is 3.69. The average molecular weight is 279 g/mol. The van der Waals surface area contributed by atoms with E-state index in [1.165, 1.54) is 31.2 Å². The molecule has 3 nitrogen and oxygen atoms in total. The Morgan fingerprint density at radius 3 is 2.47 bits per heavy atom. The first-order valence-corrected chi connectivity index (χ1v) is 8.22. The number of thioether (sulfide) groups is 1. The van der Waals surface area contributed by atoms with Gasteiger partial charge in [0.05, 0.1) is 0 Å². The van der Waals surface area contributed by atoms with Crippen LogP contribution in [0.1, 0.15) is 42.6 Å². The van der Waals surface area contributed by atoms with Gasteiger partial charge in [-0.15, -0.1) is 0 Å². The minimum atomic E-state index is 0.725. The minimum absolute atomic E-state index is 0.725. The van der Waals surface area contributed by atoms with Crippen LogP contribution in [0.15, 0.2) is 5.16 Å². The number of hydrogen-bond acceptors (Lipinski definition) is 4. The topological polar surface area (TPSA) is 37.8 Å². The second-order valence-corrected chi connectivity index (χ2v) is 6.59. The number of aryl methyl sites for hydroxylation is 2.